The zero-order chi connectivity index (χ0) is 14.3. The van der Waals surface area contributed by atoms with Crippen molar-refractivity contribution in [2.75, 3.05) is 32.7 Å². The van der Waals surface area contributed by atoms with E-state index in [9.17, 15) is 9.59 Å². The molecule has 0 spiro atoms. The normalized spacial score (nSPS) is 15.1. The smallest absolute Gasteiger partial charge is 0.309 e. The van der Waals surface area contributed by atoms with Crippen LogP contribution in [-0.4, -0.2) is 59.5 Å². The zero-order valence-electron chi connectivity index (χ0n) is 10.6. The fraction of sp³-hybridized carbons (Fsp3) is 0.667. The number of carbonyl (C=O) groups excluding carboxylic acids is 1. The highest BCUT2D eigenvalue weighted by Crippen LogP contribution is 2.15. The van der Waals surface area contributed by atoms with Crippen molar-refractivity contribution >= 4 is 11.9 Å². The minimum absolute atomic E-state index is 0.153. The lowest BCUT2D eigenvalue weighted by Crippen LogP contribution is -2.54. The number of carboxylic acids is 1. The van der Waals surface area contributed by atoms with Crippen molar-refractivity contribution < 1.29 is 14.7 Å². The average molecular weight is 264 g/mol. The number of nitriles is 2. The molecule has 1 amide bonds. The third-order valence-corrected chi connectivity index (χ3v) is 3.01. The van der Waals surface area contributed by atoms with Gasteiger partial charge in [0.15, 0.2) is 0 Å². The molecule has 0 bridgehead atoms. The lowest BCUT2D eigenvalue weighted by atomic mass is 10.0. The predicted molar refractivity (Wildman–Crippen MR) is 64.6 cm³/mol. The van der Waals surface area contributed by atoms with E-state index in [4.69, 9.17) is 15.6 Å². The molecule has 102 valence electrons. The fourth-order valence-electron chi connectivity index (χ4n) is 1.88. The van der Waals surface area contributed by atoms with E-state index in [1.54, 1.807) is 4.90 Å². The third kappa shape index (κ3) is 4.57. The number of hydrogen-bond acceptors (Lipinski definition) is 5. The summed E-state index contributed by atoms with van der Waals surface area (Å²) < 4.78 is 0. The Morgan fingerprint density at radius 3 is 2.16 bits per heavy atom. The Labute approximate surface area is 111 Å². The Bertz CT molecular complexity index is 400. The second kappa shape index (κ2) is 7.34. The number of amides is 1. The molecule has 0 aliphatic carbocycles. The third-order valence-electron chi connectivity index (χ3n) is 3.01. The number of hydrogen-bond donors (Lipinski definition) is 1. The highest BCUT2D eigenvalue weighted by atomic mass is 16.4. The van der Waals surface area contributed by atoms with E-state index in [2.05, 4.69) is 0 Å². The van der Waals surface area contributed by atoms with E-state index in [1.165, 1.54) is 4.90 Å². The minimum Gasteiger partial charge on any atom is -0.481 e. The van der Waals surface area contributed by atoms with Crippen molar-refractivity contribution in [1.82, 2.24) is 9.80 Å². The molecule has 0 atom stereocenters. The van der Waals surface area contributed by atoms with Crippen LogP contribution in [0.1, 0.15) is 12.8 Å². The molecule has 1 fully saturated rings. The molecule has 7 heteroatoms. The van der Waals surface area contributed by atoms with Crippen LogP contribution in [0, 0.1) is 28.6 Å². The number of carboxylic acid groups (broad SMARTS) is 1. The minimum atomic E-state index is -0.838. The maximum absolute atomic E-state index is 12.0. The first kappa shape index (κ1) is 14.9. The summed E-state index contributed by atoms with van der Waals surface area (Å²) in [7, 11) is 0. The van der Waals surface area contributed by atoms with Gasteiger partial charge >= 0.3 is 5.97 Å². The van der Waals surface area contributed by atoms with Crippen LogP contribution in [0.4, 0.5) is 0 Å². The van der Waals surface area contributed by atoms with Crippen molar-refractivity contribution in [2.24, 2.45) is 5.92 Å². The van der Waals surface area contributed by atoms with Crippen LogP contribution in [0.3, 0.4) is 0 Å². The number of likely N-dealkylation sites (tertiary alicyclic amines) is 1. The quantitative estimate of drug-likeness (QED) is 0.673. The molecule has 1 saturated heterocycles. The first-order valence-corrected chi connectivity index (χ1v) is 6.05. The van der Waals surface area contributed by atoms with Crippen molar-refractivity contribution in [2.45, 2.75) is 12.8 Å². The molecular weight excluding hydrogens is 248 g/mol. The van der Waals surface area contributed by atoms with Gasteiger partial charge < -0.3 is 10.0 Å². The van der Waals surface area contributed by atoms with Crippen molar-refractivity contribution in [3.63, 3.8) is 0 Å². The first-order valence-electron chi connectivity index (χ1n) is 6.05. The molecule has 7 nitrogen and oxygen atoms in total. The molecule has 1 heterocycles. The summed E-state index contributed by atoms with van der Waals surface area (Å²) in [6, 6.07) is 3.93. The number of carbonyl (C=O) groups is 2. The molecule has 0 aromatic carbocycles. The van der Waals surface area contributed by atoms with E-state index in [0.717, 1.165) is 0 Å². The van der Waals surface area contributed by atoms with E-state index in [1.807, 2.05) is 12.1 Å². The fourth-order valence-corrected chi connectivity index (χ4v) is 1.88. The van der Waals surface area contributed by atoms with Crippen LogP contribution in [-0.2, 0) is 9.59 Å². The summed E-state index contributed by atoms with van der Waals surface area (Å²) in [4.78, 5) is 25.8. The largest absolute Gasteiger partial charge is 0.481 e. The van der Waals surface area contributed by atoms with Crippen LogP contribution >= 0.6 is 0 Å². The van der Waals surface area contributed by atoms with Crippen LogP contribution in [0.25, 0.3) is 0 Å². The Kier molecular flexibility index (Phi) is 5.77. The summed E-state index contributed by atoms with van der Waals surface area (Å²) in [5.41, 5.74) is 0. The summed E-state index contributed by atoms with van der Waals surface area (Å²) in [5.74, 6) is -1.39. The van der Waals surface area contributed by atoms with E-state index < -0.39 is 5.97 Å². The van der Waals surface area contributed by atoms with Gasteiger partial charge in [-0.1, -0.05) is 0 Å². The van der Waals surface area contributed by atoms with E-state index in [-0.39, 0.29) is 31.2 Å². The maximum Gasteiger partial charge on any atom is 0.309 e. The second-order valence-corrected chi connectivity index (χ2v) is 4.43. The van der Waals surface area contributed by atoms with Crippen LogP contribution in [0.15, 0.2) is 0 Å². The summed E-state index contributed by atoms with van der Waals surface area (Å²) >= 11 is 0. The van der Waals surface area contributed by atoms with Crippen LogP contribution in [0.2, 0.25) is 0 Å². The molecule has 1 rings (SSSR count). The highest BCUT2D eigenvalue weighted by Gasteiger charge is 2.34. The van der Waals surface area contributed by atoms with E-state index >= 15 is 0 Å². The maximum atomic E-state index is 12.0. The van der Waals surface area contributed by atoms with Crippen LogP contribution < -0.4 is 0 Å². The van der Waals surface area contributed by atoms with Crippen molar-refractivity contribution in [1.29, 1.82) is 10.5 Å². The Morgan fingerprint density at radius 1 is 1.21 bits per heavy atom. The molecule has 1 N–H and O–H groups in total. The van der Waals surface area contributed by atoms with E-state index in [0.29, 0.717) is 26.2 Å². The standard InChI is InChI=1S/C12H16N4O3/c13-3-1-5-16(6-2-4-14)11(17)9-15-7-10(8-15)12(18)19/h10H,1-2,5-9H2,(H,18,19). The average Bonchev–Trinajstić information content (AvgIpc) is 2.32. The van der Waals surface area contributed by atoms with Gasteiger partial charge in [0.1, 0.15) is 0 Å². The summed E-state index contributed by atoms with van der Waals surface area (Å²) in [5, 5.41) is 25.8. The Hall–Kier alpha value is -2.12. The molecule has 0 saturated carbocycles. The number of nitrogens with zero attached hydrogens (tertiary/aromatic N) is 4. The topological polar surface area (TPSA) is 108 Å². The SMILES string of the molecule is N#CCCN(CCC#N)C(=O)CN1CC(C(=O)O)C1. The van der Waals surface area contributed by atoms with Gasteiger partial charge in [0.05, 0.1) is 37.4 Å². The number of rotatable bonds is 7. The predicted octanol–water partition coefficient (Wildman–Crippen LogP) is -0.341. The lowest BCUT2D eigenvalue weighted by molar-refractivity contribution is -0.150. The summed E-state index contributed by atoms with van der Waals surface area (Å²) in [6.45, 7) is 1.54. The highest BCUT2D eigenvalue weighted by molar-refractivity contribution is 5.79. The molecule has 0 aromatic rings. The molecule has 1 aliphatic rings. The van der Waals surface area contributed by atoms with Gasteiger partial charge in [0.25, 0.3) is 0 Å². The molecule has 0 aromatic heterocycles. The molecule has 19 heavy (non-hydrogen) atoms. The molecule has 1 aliphatic heterocycles. The van der Waals surface area contributed by atoms with Gasteiger partial charge in [0, 0.05) is 26.2 Å². The first-order chi connectivity index (χ1) is 9.08. The van der Waals surface area contributed by atoms with Gasteiger partial charge in [-0.3, -0.25) is 14.5 Å². The second-order valence-electron chi connectivity index (χ2n) is 4.43. The number of aliphatic carboxylic acids is 1. The zero-order valence-corrected chi connectivity index (χ0v) is 10.6. The van der Waals surface area contributed by atoms with Crippen LogP contribution in [0.5, 0.6) is 0 Å². The summed E-state index contributed by atoms with van der Waals surface area (Å²) in [6.07, 6.45) is 0.462. The van der Waals surface area contributed by atoms with Crippen molar-refractivity contribution in [3.05, 3.63) is 0 Å². The van der Waals surface area contributed by atoms with Gasteiger partial charge in [-0.05, 0) is 0 Å². The van der Waals surface area contributed by atoms with Crippen molar-refractivity contribution in [3.8, 4) is 12.1 Å². The van der Waals surface area contributed by atoms with Gasteiger partial charge in [-0.25, -0.2) is 0 Å². The molecular formula is C12H16N4O3. The Morgan fingerprint density at radius 2 is 1.74 bits per heavy atom. The molecule has 0 radical (unpaired) electrons. The van der Waals surface area contributed by atoms with Gasteiger partial charge in [0.2, 0.25) is 5.91 Å². The lowest BCUT2D eigenvalue weighted by Gasteiger charge is -2.37. The monoisotopic (exact) mass is 264 g/mol. The van der Waals surface area contributed by atoms with Gasteiger partial charge in [-0.15, -0.1) is 0 Å². The van der Waals surface area contributed by atoms with Gasteiger partial charge in [-0.2, -0.15) is 10.5 Å². The molecule has 0 unspecified atom stereocenters. The Balaban J connectivity index is 2.38.